The second-order valence-corrected chi connectivity index (χ2v) is 7.51. The van der Waals surface area contributed by atoms with E-state index in [0.29, 0.717) is 17.7 Å². The number of thiocarbonyl (C=S) groups is 1. The summed E-state index contributed by atoms with van der Waals surface area (Å²) in [6, 6.07) is 11.3. The van der Waals surface area contributed by atoms with Gasteiger partial charge in [0, 0.05) is 19.4 Å². The molecule has 1 aliphatic rings. The van der Waals surface area contributed by atoms with E-state index >= 15 is 0 Å². The third-order valence-electron chi connectivity index (χ3n) is 4.46. The van der Waals surface area contributed by atoms with E-state index in [1.807, 2.05) is 11.3 Å². The van der Waals surface area contributed by atoms with Crippen LogP contribution in [0.4, 0.5) is 4.39 Å². The van der Waals surface area contributed by atoms with Crippen molar-refractivity contribution in [1.29, 1.82) is 0 Å². The average Bonchev–Trinajstić information content (AvgIpc) is 3.29. The highest BCUT2D eigenvalue weighted by Gasteiger charge is 2.28. The number of likely N-dealkylation sites (tertiary alicyclic amines) is 1. The second kappa shape index (κ2) is 8.55. The first-order valence-electron chi connectivity index (χ1n) is 8.36. The number of hydrogen-bond donors (Lipinski definition) is 3. The zero-order chi connectivity index (χ0) is 16.8. The molecule has 1 fully saturated rings. The maximum absolute atomic E-state index is 12.9. The first kappa shape index (κ1) is 17.3. The second-order valence-electron chi connectivity index (χ2n) is 6.12. The van der Waals surface area contributed by atoms with Gasteiger partial charge in [0.15, 0.2) is 5.11 Å². The van der Waals surface area contributed by atoms with Crippen LogP contribution in [0.5, 0.6) is 0 Å². The van der Waals surface area contributed by atoms with Crippen molar-refractivity contribution in [3.63, 3.8) is 0 Å². The molecule has 0 radical (unpaired) electrons. The van der Waals surface area contributed by atoms with Gasteiger partial charge in [0.1, 0.15) is 11.9 Å². The smallest absolute Gasteiger partial charge is 0.166 e. The van der Waals surface area contributed by atoms with Gasteiger partial charge in [-0.25, -0.2) is 4.39 Å². The molecular formula is C18H23FN3S2+. The van der Waals surface area contributed by atoms with Crippen molar-refractivity contribution in [2.24, 2.45) is 0 Å². The lowest BCUT2D eigenvalue weighted by Crippen LogP contribution is -3.11. The third-order valence-corrected chi connectivity index (χ3v) is 5.73. The monoisotopic (exact) mass is 364 g/mol. The van der Waals surface area contributed by atoms with Crippen LogP contribution in [-0.4, -0.2) is 24.7 Å². The minimum absolute atomic E-state index is 0.216. The Balaban J connectivity index is 1.50. The summed E-state index contributed by atoms with van der Waals surface area (Å²) in [6.45, 7) is 3.91. The fourth-order valence-electron chi connectivity index (χ4n) is 3.16. The molecule has 1 aromatic heterocycles. The lowest BCUT2D eigenvalue weighted by atomic mass is 10.2. The molecule has 1 aliphatic heterocycles. The van der Waals surface area contributed by atoms with Crippen LogP contribution in [0.3, 0.4) is 0 Å². The molecule has 2 heterocycles. The zero-order valence-corrected chi connectivity index (χ0v) is 15.2. The van der Waals surface area contributed by atoms with Crippen molar-refractivity contribution in [3.8, 4) is 0 Å². The zero-order valence-electron chi connectivity index (χ0n) is 13.6. The minimum atomic E-state index is -0.216. The van der Waals surface area contributed by atoms with Gasteiger partial charge in [0.25, 0.3) is 0 Å². The first-order chi connectivity index (χ1) is 11.7. The lowest BCUT2D eigenvalue weighted by Gasteiger charge is -2.24. The summed E-state index contributed by atoms with van der Waals surface area (Å²) in [4.78, 5) is 3.06. The predicted molar refractivity (Wildman–Crippen MR) is 101 cm³/mol. The average molecular weight is 365 g/mol. The van der Waals surface area contributed by atoms with E-state index in [1.54, 1.807) is 17.0 Å². The molecule has 1 aromatic carbocycles. The predicted octanol–water partition coefficient (Wildman–Crippen LogP) is 2.27. The SMILES string of the molecule is Fc1ccc(CNC(=S)NC[C@@H](c2cccs2)[NH+]2CCCC2)cc1. The number of nitrogens with one attached hydrogen (secondary N) is 3. The molecule has 3 rings (SSSR count). The molecule has 0 amide bonds. The summed E-state index contributed by atoms with van der Waals surface area (Å²) in [5.74, 6) is -0.216. The van der Waals surface area contributed by atoms with Crippen molar-refractivity contribution >= 4 is 28.7 Å². The van der Waals surface area contributed by atoms with Gasteiger partial charge in [-0.05, 0) is 41.4 Å². The normalized spacial score (nSPS) is 16.0. The molecular weight excluding hydrogens is 341 g/mol. The summed E-state index contributed by atoms with van der Waals surface area (Å²) in [5, 5.41) is 9.36. The Kier molecular flexibility index (Phi) is 6.18. The summed E-state index contributed by atoms with van der Waals surface area (Å²) in [7, 11) is 0. The Labute approximate surface area is 151 Å². The third kappa shape index (κ3) is 4.75. The number of thiophene rings is 1. The van der Waals surface area contributed by atoms with E-state index in [-0.39, 0.29) is 5.82 Å². The van der Waals surface area contributed by atoms with Crippen LogP contribution in [0, 0.1) is 5.82 Å². The van der Waals surface area contributed by atoms with Crippen molar-refractivity contribution in [3.05, 3.63) is 58.0 Å². The van der Waals surface area contributed by atoms with Gasteiger partial charge in [-0.15, -0.1) is 11.3 Å². The quantitative estimate of drug-likeness (QED) is 0.687. The summed E-state index contributed by atoms with van der Waals surface area (Å²) < 4.78 is 12.9. The van der Waals surface area contributed by atoms with E-state index in [1.165, 1.54) is 42.9 Å². The van der Waals surface area contributed by atoms with E-state index in [4.69, 9.17) is 12.2 Å². The molecule has 1 saturated heterocycles. The standard InChI is InChI=1S/C18H22FN3S2/c19-15-7-5-14(6-8-15)12-20-18(23)21-13-16(17-4-3-11-24-17)22-9-1-2-10-22/h3-8,11,16H,1-2,9-10,12-13H2,(H2,20,21,23)/p+1/t16-/m0/s1. The van der Waals surface area contributed by atoms with Gasteiger partial charge in [0.2, 0.25) is 0 Å². The van der Waals surface area contributed by atoms with Crippen molar-refractivity contribution in [1.82, 2.24) is 10.6 Å². The molecule has 0 saturated carbocycles. The number of quaternary nitrogens is 1. The summed E-state index contributed by atoms with van der Waals surface area (Å²) in [5.41, 5.74) is 1.01. The number of hydrogen-bond acceptors (Lipinski definition) is 2. The Morgan fingerprint density at radius 1 is 1.17 bits per heavy atom. The molecule has 2 aromatic rings. The topological polar surface area (TPSA) is 28.5 Å². The highest BCUT2D eigenvalue weighted by Crippen LogP contribution is 2.17. The molecule has 1 atom stereocenters. The van der Waals surface area contributed by atoms with Gasteiger partial charge in [-0.3, -0.25) is 0 Å². The van der Waals surface area contributed by atoms with Crippen LogP contribution in [0.1, 0.15) is 29.3 Å². The van der Waals surface area contributed by atoms with Gasteiger partial charge in [-0.2, -0.15) is 0 Å². The van der Waals surface area contributed by atoms with Crippen LogP contribution in [0.25, 0.3) is 0 Å². The largest absolute Gasteiger partial charge is 0.359 e. The first-order valence-corrected chi connectivity index (χ1v) is 9.65. The Bertz CT molecular complexity index is 637. The molecule has 24 heavy (non-hydrogen) atoms. The van der Waals surface area contributed by atoms with E-state index in [2.05, 4.69) is 28.1 Å². The van der Waals surface area contributed by atoms with Crippen LogP contribution < -0.4 is 15.5 Å². The van der Waals surface area contributed by atoms with Crippen molar-refractivity contribution in [2.45, 2.75) is 25.4 Å². The molecule has 3 N–H and O–H groups in total. The fraction of sp³-hybridized carbons (Fsp3) is 0.389. The maximum Gasteiger partial charge on any atom is 0.166 e. The molecule has 0 bridgehead atoms. The molecule has 6 heteroatoms. The molecule has 0 aliphatic carbocycles. The van der Waals surface area contributed by atoms with Crippen molar-refractivity contribution in [2.75, 3.05) is 19.6 Å². The van der Waals surface area contributed by atoms with E-state index in [0.717, 1.165) is 12.1 Å². The minimum Gasteiger partial charge on any atom is -0.359 e. The van der Waals surface area contributed by atoms with Gasteiger partial charge in [-0.1, -0.05) is 18.2 Å². The van der Waals surface area contributed by atoms with Crippen molar-refractivity contribution < 1.29 is 9.29 Å². The molecule has 3 nitrogen and oxygen atoms in total. The highest BCUT2D eigenvalue weighted by atomic mass is 32.1. The van der Waals surface area contributed by atoms with E-state index < -0.39 is 0 Å². The molecule has 0 unspecified atom stereocenters. The maximum atomic E-state index is 12.9. The Morgan fingerprint density at radius 2 is 1.92 bits per heavy atom. The summed E-state index contributed by atoms with van der Waals surface area (Å²) in [6.07, 6.45) is 2.62. The fourth-order valence-corrected chi connectivity index (χ4v) is 4.20. The molecule has 0 spiro atoms. The lowest BCUT2D eigenvalue weighted by molar-refractivity contribution is -0.918. The van der Waals surface area contributed by atoms with E-state index in [9.17, 15) is 4.39 Å². The van der Waals surface area contributed by atoms with Crippen LogP contribution >= 0.6 is 23.6 Å². The van der Waals surface area contributed by atoms with Gasteiger partial charge < -0.3 is 15.5 Å². The number of halogens is 1. The number of rotatable bonds is 6. The van der Waals surface area contributed by atoms with Crippen LogP contribution in [0.15, 0.2) is 41.8 Å². The Hall–Kier alpha value is -1.50. The number of benzene rings is 1. The van der Waals surface area contributed by atoms with Crippen LogP contribution in [0.2, 0.25) is 0 Å². The summed E-state index contributed by atoms with van der Waals surface area (Å²) >= 11 is 7.22. The molecule has 128 valence electrons. The van der Waals surface area contributed by atoms with Gasteiger partial charge >= 0.3 is 0 Å². The Morgan fingerprint density at radius 3 is 2.58 bits per heavy atom. The van der Waals surface area contributed by atoms with Gasteiger partial charge in [0.05, 0.1) is 24.5 Å². The highest BCUT2D eigenvalue weighted by molar-refractivity contribution is 7.80. The van der Waals surface area contributed by atoms with Crippen LogP contribution in [-0.2, 0) is 6.54 Å².